The summed E-state index contributed by atoms with van der Waals surface area (Å²) in [5, 5.41) is 9.83. The molecule has 0 saturated carbocycles. The van der Waals surface area contributed by atoms with Crippen molar-refractivity contribution in [2.24, 2.45) is 0 Å². The molecule has 3 aromatic rings. The van der Waals surface area contributed by atoms with Crippen molar-refractivity contribution >= 4 is 5.97 Å². The lowest BCUT2D eigenvalue weighted by Crippen LogP contribution is -2.55. The minimum absolute atomic E-state index is 0.303. The van der Waals surface area contributed by atoms with Gasteiger partial charge >= 0.3 is 11.9 Å². The van der Waals surface area contributed by atoms with Crippen LogP contribution in [0, 0.1) is 0 Å². The number of aliphatic carboxylic acids is 1. The Balaban J connectivity index is 1.99. The highest BCUT2D eigenvalue weighted by Gasteiger charge is 2.49. The van der Waals surface area contributed by atoms with Crippen LogP contribution in [0.25, 0.3) is 0 Å². The van der Waals surface area contributed by atoms with Gasteiger partial charge in [-0.05, 0) is 36.4 Å². The zero-order chi connectivity index (χ0) is 17.5. The Hall–Kier alpha value is -3.47. The summed E-state index contributed by atoms with van der Waals surface area (Å²) in [6.45, 7) is 0. The Bertz CT molecular complexity index is 702. The van der Waals surface area contributed by atoms with Gasteiger partial charge in [-0.3, -0.25) is 0 Å². The summed E-state index contributed by atoms with van der Waals surface area (Å²) >= 11 is 0. The summed E-state index contributed by atoms with van der Waals surface area (Å²) < 4.78 is 16.9. The third kappa shape index (κ3) is 4.09. The summed E-state index contributed by atoms with van der Waals surface area (Å²) in [6.07, 6.45) is 0. The smallest absolute Gasteiger partial charge is 0.472 e. The average molecular weight is 336 g/mol. The molecule has 0 amide bonds. The van der Waals surface area contributed by atoms with Crippen LogP contribution in [0.1, 0.15) is 0 Å². The van der Waals surface area contributed by atoms with Gasteiger partial charge < -0.3 is 19.3 Å². The number of hydrogen-bond donors (Lipinski definition) is 1. The third-order valence-electron chi connectivity index (χ3n) is 3.25. The van der Waals surface area contributed by atoms with Gasteiger partial charge in [0.15, 0.2) is 0 Å². The Labute approximate surface area is 145 Å². The predicted octanol–water partition coefficient (Wildman–Crippen LogP) is 3.96. The maximum atomic E-state index is 12.1. The number of benzene rings is 3. The van der Waals surface area contributed by atoms with Crippen LogP contribution in [0.3, 0.4) is 0 Å². The van der Waals surface area contributed by atoms with Gasteiger partial charge in [-0.1, -0.05) is 54.6 Å². The van der Waals surface area contributed by atoms with Gasteiger partial charge in [0.25, 0.3) is 0 Å². The molecule has 1 N–H and O–H groups in total. The number of carbonyl (C=O) groups is 1. The molecule has 0 fully saturated rings. The highest BCUT2D eigenvalue weighted by atomic mass is 16.9. The maximum Gasteiger partial charge on any atom is 0.523 e. The molecule has 0 aliphatic rings. The van der Waals surface area contributed by atoms with E-state index in [4.69, 9.17) is 14.2 Å². The number of carboxylic acids is 1. The van der Waals surface area contributed by atoms with E-state index in [1.165, 1.54) is 0 Å². The van der Waals surface area contributed by atoms with Crippen molar-refractivity contribution in [1.29, 1.82) is 0 Å². The topological polar surface area (TPSA) is 65.0 Å². The molecular formula is C20H16O5. The molecule has 3 aromatic carbocycles. The monoisotopic (exact) mass is 336 g/mol. The van der Waals surface area contributed by atoms with Crippen molar-refractivity contribution in [3.63, 3.8) is 0 Å². The van der Waals surface area contributed by atoms with Gasteiger partial charge in [-0.15, -0.1) is 0 Å². The van der Waals surface area contributed by atoms with Gasteiger partial charge in [0.05, 0.1) is 0 Å². The standard InChI is InChI=1S/C20H16O5/c21-19(22)20(23-16-10-4-1-5-11-16,24-17-12-6-2-7-13-17)25-18-14-8-3-9-15-18/h1-15H,(H,21,22). The lowest BCUT2D eigenvalue weighted by molar-refractivity contribution is -0.255. The van der Waals surface area contributed by atoms with Gasteiger partial charge in [0, 0.05) is 0 Å². The van der Waals surface area contributed by atoms with Crippen LogP contribution < -0.4 is 14.2 Å². The molecule has 0 aromatic heterocycles. The summed E-state index contributed by atoms with van der Waals surface area (Å²) in [5.41, 5.74) is 0. The van der Waals surface area contributed by atoms with Crippen LogP contribution in [0.2, 0.25) is 0 Å². The van der Waals surface area contributed by atoms with E-state index in [9.17, 15) is 9.90 Å². The van der Waals surface area contributed by atoms with Crippen molar-refractivity contribution in [2.75, 3.05) is 0 Å². The summed E-state index contributed by atoms with van der Waals surface area (Å²) in [6, 6.07) is 25.5. The zero-order valence-corrected chi connectivity index (χ0v) is 13.2. The molecule has 0 aliphatic heterocycles. The van der Waals surface area contributed by atoms with Gasteiger partial charge in [0.1, 0.15) is 17.2 Å². The molecule has 0 heterocycles. The van der Waals surface area contributed by atoms with Crippen LogP contribution in [-0.2, 0) is 4.79 Å². The molecule has 25 heavy (non-hydrogen) atoms. The maximum absolute atomic E-state index is 12.1. The lowest BCUT2D eigenvalue weighted by atomic mass is 10.3. The Morgan fingerprint density at radius 3 is 1.12 bits per heavy atom. The number of para-hydroxylation sites is 3. The summed E-state index contributed by atoms with van der Waals surface area (Å²) in [7, 11) is 0. The van der Waals surface area contributed by atoms with Crippen molar-refractivity contribution in [3.8, 4) is 17.2 Å². The number of rotatable bonds is 7. The zero-order valence-electron chi connectivity index (χ0n) is 13.2. The predicted molar refractivity (Wildman–Crippen MR) is 91.6 cm³/mol. The molecule has 0 spiro atoms. The molecule has 0 saturated heterocycles. The number of ether oxygens (including phenoxy) is 3. The highest BCUT2D eigenvalue weighted by molar-refractivity contribution is 5.75. The van der Waals surface area contributed by atoms with Gasteiger partial charge in [-0.2, -0.15) is 0 Å². The van der Waals surface area contributed by atoms with E-state index < -0.39 is 11.9 Å². The second-order valence-electron chi connectivity index (χ2n) is 5.11. The first-order chi connectivity index (χ1) is 12.2. The Kier molecular flexibility index (Phi) is 4.85. The lowest BCUT2D eigenvalue weighted by Gasteiger charge is -2.30. The first kappa shape index (κ1) is 16.4. The van der Waals surface area contributed by atoms with Gasteiger partial charge in [-0.25, -0.2) is 4.79 Å². The van der Waals surface area contributed by atoms with E-state index >= 15 is 0 Å². The van der Waals surface area contributed by atoms with E-state index in [2.05, 4.69) is 0 Å². The fourth-order valence-electron chi connectivity index (χ4n) is 2.12. The second kappa shape index (κ2) is 7.40. The van der Waals surface area contributed by atoms with Crippen LogP contribution in [0.4, 0.5) is 0 Å². The molecule has 0 aliphatic carbocycles. The third-order valence-corrected chi connectivity index (χ3v) is 3.25. The molecule has 126 valence electrons. The van der Waals surface area contributed by atoms with Crippen LogP contribution in [0.5, 0.6) is 17.2 Å². The molecule has 5 nitrogen and oxygen atoms in total. The van der Waals surface area contributed by atoms with Crippen molar-refractivity contribution in [3.05, 3.63) is 91.0 Å². The minimum Gasteiger partial charge on any atom is -0.472 e. The molecule has 0 unspecified atom stereocenters. The molecule has 0 bridgehead atoms. The van der Waals surface area contributed by atoms with Crippen LogP contribution in [-0.4, -0.2) is 17.0 Å². The average Bonchev–Trinajstić information content (AvgIpc) is 2.64. The van der Waals surface area contributed by atoms with Crippen molar-refractivity contribution in [2.45, 2.75) is 5.97 Å². The van der Waals surface area contributed by atoms with Gasteiger partial charge in [0.2, 0.25) is 0 Å². The summed E-state index contributed by atoms with van der Waals surface area (Å²) in [4.78, 5) is 12.1. The molecule has 0 atom stereocenters. The Morgan fingerprint density at radius 1 is 0.600 bits per heavy atom. The first-order valence-corrected chi connectivity index (χ1v) is 7.63. The Morgan fingerprint density at radius 2 is 0.880 bits per heavy atom. The number of hydrogen-bond acceptors (Lipinski definition) is 4. The normalized spacial score (nSPS) is 10.7. The van der Waals surface area contributed by atoms with Crippen LogP contribution in [0.15, 0.2) is 91.0 Å². The van der Waals surface area contributed by atoms with E-state index in [1.807, 2.05) is 0 Å². The fraction of sp³-hybridized carbons (Fsp3) is 0.0500. The summed E-state index contributed by atoms with van der Waals surface area (Å²) in [5.74, 6) is -2.88. The SMILES string of the molecule is O=C(O)C(Oc1ccccc1)(Oc1ccccc1)Oc1ccccc1. The van der Waals surface area contributed by atoms with E-state index in [-0.39, 0.29) is 0 Å². The highest BCUT2D eigenvalue weighted by Crippen LogP contribution is 2.27. The fourth-order valence-corrected chi connectivity index (χ4v) is 2.12. The van der Waals surface area contributed by atoms with Crippen LogP contribution >= 0.6 is 0 Å². The quantitative estimate of drug-likeness (QED) is 0.662. The second-order valence-corrected chi connectivity index (χ2v) is 5.11. The molecule has 5 heteroatoms. The molecule has 0 radical (unpaired) electrons. The number of carboxylic acid groups (broad SMARTS) is 1. The van der Waals surface area contributed by atoms with E-state index in [0.717, 1.165) is 0 Å². The van der Waals surface area contributed by atoms with Crippen molar-refractivity contribution in [1.82, 2.24) is 0 Å². The van der Waals surface area contributed by atoms with Crippen molar-refractivity contribution < 1.29 is 24.1 Å². The molecular weight excluding hydrogens is 320 g/mol. The first-order valence-electron chi connectivity index (χ1n) is 7.63. The molecule has 3 rings (SSSR count). The minimum atomic E-state index is -2.37. The van der Waals surface area contributed by atoms with E-state index in [0.29, 0.717) is 17.2 Å². The largest absolute Gasteiger partial charge is 0.523 e. The van der Waals surface area contributed by atoms with E-state index in [1.54, 1.807) is 91.0 Å².